The second-order valence-electron chi connectivity index (χ2n) is 4.49. The van der Waals surface area contributed by atoms with Gasteiger partial charge >= 0.3 is 0 Å². The topological polar surface area (TPSA) is 71.5 Å². The highest BCUT2D eigenvalue weighted by molar-refractivity contribution is 7.10. The van der Waals surface area contributed by atoms with Gasteiger partial charge in [-0.25, -0.2) is 4.98 Å². The second-order valence-corrected chi connectivity index (χ2v) is 5.44. The number of nitrogens with zero attached hydrogens (tertiary/aromatic N) is 1. The molecule has 0 aliphatic carbocycles. The van der Waals surface area contributed by atoms with Crippen molar-refractivity contribution in [3.8, 4) is 5.88 Å². The molecule has 2 N–H and O–H groups in total. The van der Waals surface area contributed by atoms with Crippen LogP contribution in [0.15, 0.2) is 35.8 Å². The third kappa shape index (κ3) is 3.15. The van der Waals surface area contributed by atoms with E-state index in [1.807, 2.05) is 17.5 Å². The van der Waals surface area contributed by atoms with E-state index in [2.05, 4.69) is 10.3 Å². The van der Waals surface area contributed by atoms with Gasteiger partial charge in [0.15, 0.2) is 0 Å². The fourth-order valence-corrected chi connectivity index (χ4v) is 2.53. The summed E-state index contributed by atoms with van der Waals surface area (Å²) in [6.07, 6.45) is 1.55. The van der Waals surface area contributed by atoms with Crippen molar-refractivity contribution in [3.05, 3.63) is 46.3 Å². The van der Waals surface area contributed by atoms with Crippen molar-refractivity contribution >= 4 is 17.2 Å². The van der Waals surface area contributed by atoms with Crippen LogP contribution in [0.4, 0.5) is 0 Å². The van der Waals surface area contributed by atoms with Crippen LogP contribution in [0.25, 0.3) is 0 Å². The SMILES string of the molecule is COc1ncccc1C(=O)NCC(C)(O)c1cccs1. The fourth-order valence-electron chi connectivity index (χ4n) is 1.75. The van der Waals surface area contributed by atoms with E-state index in [9.17, 15) is 9.90 Å². The maximum Gasteiger partial charge on any atom is 0.256 e. The maximum absolute atomic E-state index is 12.1. The van der Waals surface area contributed by atoms with E-state index in [0.717, 1.165) is 4.88 Å². The third-order valence-corrected chi connectivity index (χ3v) is 3.98. The lowest BCUT2D eigenvalue weighted by molar-refractivity contribution is 0.0555. The minimum Gasteiger partial charge on any atom is -0.480 e. The van der Waals surface area contributed by atoms with E-state index >= 15 is 0 Å². The molecule has 20 heavy (non-hydrogen) atoms. The Morgan fingerprint density at radius 3 is 2.95 bits per heavy atom. The number of aromatic nitrogens is 1. The van der Waals surface area contributed by atoms with Crippen molar-refractivity contribution in [3.63, 3.8) is 0 Å². The Kier molecular flexibility index (Phi) is 4.36. The first-order valence-corrected chi connectivity index (χ1v) is 6.96. The van der Waals surface area contributed by atoms with Crippen molar-refractivity contribution in [2.75, 3.05) is 13.7 Å². The van der Waals surface area contributed by atoms with E-state index in [4.69, 9.17) is 4.74 Å². The predicted octanol–water partition coefficient (Wildman–Crippen LogP) is 1.79. The molecule has 0 radical (unpaired) electrons. The van der Waals surface area contributed by atoms with Gasteiger partial charge in [0.25, 0.3) is 5.91 Å². The molecule has 106 valence electrons. The molecule has 0 aliphatic rings. The van der Waals surface area contributed by atoms with Crippen molar-refractivity contribution in [2.24, 2.45) is 0 Å². The van der Waals surface area contributed by atoms with E-state index < -0.39 is 5.60 Å². The standard InChI is InChI=1S/C14H16N2O3S/c1-14(18,11-6-4-8-20-11)9-16-12(17)10-5-3-7-15-13(10)19-2/h3-8,18H,9H2,1-2H3,(H,16,17). The monoisotopic (exact) mass is 292 g/mol. The van der Waals surface area contributed by atoms with Gasteiger partial charge in [-0.2, -0.15) is 0 Å². The summed E-state index contributed by atoms with van der Waals surface area (Å²) < 4.78 is 5.04. The molecular formula is C14H16N2O3S. The minimum atomic E-state index is -1.10. The van der Waals surface area contributed by atoms with E-state index in [-0.39, 0.29) is 18.3 Å². The van der Waals surface area contributed by atoms with Crippen LogP contribution in [0.3, 0.4) is 0 Å². The summed E-state index contributed by atoms with van der Waals surface area (Å²) in [7, 11) is 1.46. The van der Waals surface area contributed by atoms with Gasteiger partial charge in [-0.05, 0) is 30.5 Å². The molecule has 6 heteroatoms. The van der Waals surface area contributed by atoms with Crippen LogP contribution < -0.4 is 10.1 Å². The fraction of sp³-hybridized carbons (Fsp3) is 0.286. The first-order chi connectivity index (χ1) is 9.54. The number of rotatable bonds is 5. The molecule has 2 rings (SSSR count). The Labute approximate surface area is 121 Å². The number of thiophene rings is 1. The van der Waals surface area contributed by atoms with Gasteiger partial charge < -0.3 is 15.2 Å². The van der Waals surface area contributed by atoms with E-state index in [0.29, 0.717) is 5.56 Å². The summed E-state index contributed by atoms with van der Waals surface area (Å²) in [4.78, 5) is 16.9. The number of methoxy groups -OCH3 is 1. The van der Waals surface area contributed by atoms with Gasteiger partial charge in [-0.1, -0.05) is 6.07 Å². The summed E-state index contributed by atoms with van der Waals surface area (Å²) in [5.74, 6) is -0.0625. The van der Waals surface area contributed by atoms with Gasteiger partial charge in [-0.3, -0.25) is 4.79 Å². The van der Waals surface area contributed by atoms with Gasteiger partial charge in [0, 0.05) is 11.1 Å². The third-order valence-electron chi connectivity index (χ3n) is 2.85. The number of pyridine rings is 1. The average Bonchev–Trinajstić information content (AvgIpc) is 3.00. The zero-order valence-corrected chi connectivity index (χ0v) is 12.1. The summed E-state index contributed by atoms with van der Waals surface area (Å²) in [6, 6.07) is 6.98. The van der Waals surface area contributed by atoms with Crippen LogP contribution in [-0.4, -0.2) is 29.7 Å². The molecule has 0 fully saturated rings. The van der Waals surface area contributed by atoms with Gasteiger partial charge in [0.1, 0.15) is 11.2 Å². The van der Waals surface area contributed by atoms with Crippen LogP contribution in [0.1, 0.15) is 22.2 Å². The number of amides is 1. The molecule has 0 saturated carbocycles. The lowest BCUT2D eigenvalue weighted by atomic mass is 10.1. The van der Waals surface area contributed by atoms with Crippen LogP contribution in [0.2, 0.25) is 0 Å². The molecule has 0 spiro atoms. The molecule has 2 aromatic rings. The number of hydrogen-bond donors (Lipinski definition) is 2. The minimum absolute atomic E-state index is 0.115. The van der Waals surface area contributed by atoms with Crippen molar-refractivity contribution in [2.45, 2.75) is 12.5 Å². The Morgan fingerprint density at radius 2 is 2.30 bits per heavy atom. The Bertz CT molecular complexity index is 582. The number of carbonyl (C=O) groups excluding carboxylic acids is 1. The average molecular weight is 292 g/mol. The Balaban J connectivity index is 2.06. The van der Waals surface area contributed by atoms with Crippen molar-refractivity contribution < 1.29 is 14.6 Å². The summed E-state index contributed by atoms with van der Waals surface area (Å²) in [5, 5.41) is 14.9. The molecule has 1 atom stereocenters. The molecule has 0 aliphatic heterocycles. The molecule has 0 saturated heterocycles. The van der Waals surface area contributed by atoms with Gasteiger partial charge in [-0.15, -0.1) is 11.3 Å². The van der Waals surface area contributed by atoms with Crippen molar-refractivity contribution in [1.29, 1.82) is 0 Å². The predicted molar refractivity (Wildman–Crippen MR) is 77.0 cm³/mol. The molecule has 1 unspecified atom stereocenters. The van der Waals surface area contributed by atoms with Crippen LogP contribution in [0.5, 0.6) is 5.88 Å². The summed E-state index contributed by atoms with van der Waals surface area (Å²) >= 11 is 1.45. The lowest BCUT2D eigenvalue weighted by Gasteiger charge is -2.22. The highest BCUT2D eigenvalue weighted by atomic mass is 32.1. The van der Waals surface area contributed by atoms with E-state index in [1.165, 1.54) is 18.4 Å². The Morgan fingerprint density at radius 1 is 1.50 bits per heavy atom. The maximum atomic E-state index is 12.1. The highest BCUT2D eigenvalue weighted by Gasteiger charge is 2.25. The van der Waals surface area contributed by atoms with Crippen LogP contribution in [0, 0.1) is 0 Å². The van der Waals surface area contributed by atoms with E-state index in [1.54, 1.807) is 25.3 Å². The number of carbonyl (C=O) groups is 1. The quantitative estimate of drug-likeness (QED) is 0.881. The smallest absolute Gasteiger partial charge is 0.256 e. The lowest BCUT2D eigenvalue weighted by Crippen LogP contribution is -2.38. The molecule has 0 aromatic carbocycles. The zero-order valence-electron chi connectivity index (χ0n) is 11.3. The molecule has 1 amide bonds. The molecule has 5 nitrogen and oxygen atoms in total. The molecule has 2 aromatic heterocycles. The van der Waals surface area contributed by atoms with Crippen molar-refractivity contribution in [1.82, 2.24) is 10.3 Å². The normalized spacial score (nSPS) is 13.6. The number of aliphatic hydroxyl groups is 1. The number of hydrogen-bond acceptors (Lipinski definition) is 5. The largest absolute Gasteiger partial charge is 0.480 e. The second kappa shape index (κ2) is 6.02. The molecular weight excluding hydrogens is 276 g/mol. The van der Waals surface area contributed by atoms with Gasteiger partial charge in [0.05, 0.1) is 13.7 Å². The highest BCUT2D eigenvalue weighted by Crippen LogP contribution is 2.24. The first kappa shape index (κ1) is 14.5. The van der Waals surface area contributed by atoms with Crippen LogP contribution in [-0.2, 0) is 5.60 Å². The molecule has 2 heterocycles. The molecule has 0 bridgehead atoms. The Hall–Kier alpha value is -1.92. The summed E-state index contributed by atoms with van der Waals surface area (Å²) in [5.41, 5.74) is -0.754. The number of ether oxygens (including phenoxy) is 1. The zero-order chi connectivity index (χ0) is 14.6. The van der Waals surface area contributed by atoms with Crippen LogP contribution >= 0.6 is 11.3 Å². The van der Waals surface area contributed by atoms with Gasteiger partial charge in [0.2, 0.25) is 5.88 Å². The number of nitrogens with one attached hydrogen (secondary N) is 1. The summed E-state index contributed by atoms with van der Waals surface area (Å²) in [6.45, 7) is 1.78. The first-order valence-electron chi connectivity index (χ1n) is 6.08.